The van der Waals surface area contributed by atoms with E-state index in [1.807, 2.05) is 12.1 Å². The van der Waals surface area contributed by atoms with E-state index >= 15 is 0 Å². The highest BCUT2D eigenvalue weighted by atomic mass is 32.2. The molecule has 3 nitrogen and oxygen atoms in total. The Morgan fingerprint density at radius 2 is 1.75 bits per heavy atom. The van der Waals surface area contributed by atoms with E-state index in [0.29, 0.717) is 4.90 Å². The summed E-state index contributed by atoms with van der Waals surface area (Å²) in [6, 6.07) is 9.75. The molecule has 20 heavy (non-hydrogen) atoms. The molecule has 1 aromatic rings. The van der Waals surface area contributed by atoms with E-state index in [-0.39, 0.29) is 11.7 Å². The van der Waals surface area contributed by atoms with E-state index in [9.17, 15) is 13.7 Å². The smallest absolute Gasteiger partial charge is 0.179 e. The SMILES string of the molecule is N#CC1(C2CS(=O)(=O)c3ccccc32)CCCCCC1. The molecule has 0 bridgehead atoms. The molecule has 1 aromatic carbocycles. The van der Waals surface area contributed by atoms with Crippen LogP contribution in [0.25, 0.3) is 0 Å². The van der Waals surface area contributed by atoms with Crippen LogP contribution in [0.2, 0.25) is 0 Å². The van der Waals surface area contributed by atoms with Gasteiger partial charge in [-0.25, -0.2) is 8.42 Å². The molecule has 0 radical (unpaired) electrons. The minimum absolute atomic E-state index is 0.111. The van der Waals surface area contributed by atoms with Crippen LogP contribution in [-0.4, -0.2) is 14.2 Å². The monoisotopic (exact) mass is 289 g/mol. The van der Waals surface area contributed by atoms with E-state index in [4.69, 9.17) is 0 Å². The summed E-state index contributed by atoms with van der Waals surface area (Å²) in [4.78, 5) is 0.448. The summed E-state index contributed by atoms with van der Waals surface area (Å²) >= 11 is 0. The molecule has 1 fully saturated rings. The lowest BCUT2D eigenvalue weighted by molar-refractivity contribution is 0.288. The van der Waals surface area contributed by atoms with Crippen molar-refractivity contribution in [3.05, 3.63) is 29.8 Å². The number of hydrogen-bond acceptors (Lipinski definition) is 3. The second kappa shape index (κ2) is 4.89. The van der Waals surface area contributed by atoms with Gasteiger partial charge in [-0.3, -0.25) is 0 Å². The number of nitrogens with zero attached hydrogens (tertiary/aromatic N) is 1. The van der Waals surface area contributed by atoms with Crippen molar-refractivity contribution >= 4 is 9.84 Å². The first-order valence-corrected chi connectivity index (χ1v) is 8.97. The van der Waals surface area contributed by atoms with E-state index in [0.717, 1.165) is 44.1 Å². The summed E-state index contributed by atoms with van der Waals surface area (Å²) < 4.78 is 24.7. The third-order valence-corrected chi connectivity index (χ3v) is 6.72. The average Bonchev–Trinajstić information content (AvgIpc) is 2.63. The van der Waals surface area contributed by atoms with Crippen LogP contribution in [-0.2, 0) is 9.84 Å². The van der Waals surface area contributed by atoms with E-state index in [1.54, 1.807) is 12.1 Å². The third-order valence-electron chi connectivity index (χ3n) is 4.90. The zero-order valence-corrected chi connectivity index (χ0v) is 12.3. The van der Waals surface area contributed by atoms with Crippen molar-refractivity contribution < 1.29 is 8.42 Å². The minimum Gasteiger partial charge on any atom is -0.224 e. The van der Waals surface area contributed by atoms with Gasteiger partial charge in [-0.15, -0.1) is 0 Å². The molecule has 1 saturated carbocycles. The fraction of sp³-hybridized carbons (Fsp3) is 0.562. The summed E-state index contributed by atoms with van der Waals surface area (Å²) in [5.74, 6) is -0.0355. The lowest BCUT2D eigenvalue weighted by Gasteiger charge is -2.31. The molecule has 1 unspecified atom stereocenters. The molecule has 0 spiro atoms. The van der Waals surface area contributed by atoms with Crippen LogP contribution >= 0.6 is 0 Å². The van der Waals surface area contributed by atoms with Crippen LogP contribution in [0.15, 0.2) is 29.2 Å². The van der Waals surface area contributed by atoms with E-state index in [1.165, 1.54) is 0 Å². The van der Waals surface area contributed by atoms with Crippen molar-refractivity contribution in [3.63, 3.8) is 0 Å². The summed E-state index contributed by atoms with van der Waals surface area (Å²) in [5.41, 5.74) is 0.381. The van der Waals surface area contributed by atoms with Crippen molar-refractivity contribution in [2.45, 2.75) is 49.3 Å². The fourth-order valence-corrected chi connectivity index (χ4v) is 5.78. The van der Waals surface area contributed by atoms with Crippen LogP contribution in [0.1, 0.15) is 50.0 Å². The first kappa shape index (κ1) is 13.6. The predicted octanol–water partition coefficient (Wildman–Crippen LogP) is 3.42. The number of fused-ring (bicyclic) bond motifs is 1. The van der Waals surface area contributed by atoms with E-state index < -0.39 is 15.3 Å². The number of sulfone groups is 1. The van der Waals surface area contributed by atoms with Gasteiger partial charge in [0.25, 0.3) is 0 Å². The van der Waals surface area contributed by atoms with E-state index in [2.05, 4.69) is 6.07 Å². The van der Waals surface area contributed by atoms with Gasteiger partial charge in [-0.05, 0) is 24.5 Å². The molecule has 0 N–H and O–H groups in total. The van der Waals surface area contributed by atoms with Crippen molar-refractivity contribution in [1.29, 1.82) is 5.26 Å². The third kappa shape index (κ3) is 2.05. The zero-order chi connectivity index (χ0) is 14.2. The van der Waals surface area contributed by atoms with Crippen LogP contribution in [0, 0.1) is 16.7 Å². The standard InChI is InChI=1S/C16H19NO2S/c17-12-16(9-5-1-2-6-10-16)14-11-20(18,19)15-8-4-3-7-13(14)15/h3-4,7-8,14H,1-2,5-6,9-11H2. The first-order valence-electron chi connectivity index (χ1n) is 7.32. The number of benzene rings is 1. The molecule has 2 aliphatic rings. The van der Waals surface area contributed by atoms with Gasteiger partial charge in [0.1, 0.15) is 0 Å². The van der Waals surface area contributed by atoms with Gasteiger partial charge in [-0.1, -0.05) is 43.9 Å². The Labute approximate surface area is 120 Å². The second-order valence-electron chi connectivity index (χ2n) is 6.05. The normalized spacial score (nSPS) is 27.2. The minimum atomic E-state index is -3.22. The van der Waals surface area contributed by atoms with Gasteiger partial charge in [0, 0.05) is 5.92 Å². The zero-order valence-electron chi connectivity index (χ0n) is 11.5. The van der Waals surface area contributed by atoms with Crippen molar-refractivity contribution in [3.8, 4) is 6.07 Å². The Morgan fingerprint density at radius 1 is 1.10 bits per heavy atom. The van der Waals surface area contributed by atoms with Gasteiger partial charge in [0.15, 0.2) is 9.84 Å². The van der Waals surface area contributed by atoms with Crippen LogP contribution in [0.4, 0.5) is 0 Å². The maximum atomic E-state index is 12.3. The van der Waals surface area contributed by atoms with Crippen molar-refractivity contribution in [1.82, 2.24) is 0 Å². The topological polar surface area (TPSA) is 57.9 Å². The van der Waals surface area contributed by atoms with Gasteiger partial charge < -0.3 is 0 Å². The molecular weight excluding hydrogens is 270 g/mol. The Morgan fingerprint density at radius 3 is 2.40 bits per heavy atom. The molecule has 3 rings (SSSR count). The Balaban J connectivity index is 2.09. The Kier molecular flexibility index (Phi) is 3.33. The van der Waals surface area contributed by atoms with Crippen molar-refractivity contribution in [2.75, 3.05) is 5.75 Å². The maximum absolute atomic E-state index is 12.3. The number of rotatable bonds is 1. The highest BCUT2D eigenvalue weighted by Gasteiger charge is 2.47. The Hall–Kier alpha value is -1.34. The molecule has 0 amide bonds. The van der Waals surface area contributed by atoms with Crippen LogP contribution in [0.5, 0.6) is 0 Å². The molecule has 1 heterocycles. The molecule has 1 aliphatic heterocycles. The highest BCUT2D eigenvalue weighted by molar-refractivity contribution is 7.91. The van der Waals surface area contributed by atoms with Gasteiger partial charge >= 0.3 is 0 Å². The van der Waals surface area contributed by atoms with Crippen LogP contribution < -0.4 is 0 Å². The van der Waals surface area contributed by atoms with Crippen LogP contribution in [0.3, 0.4) is 0 Å². The average molecular weight is 289 g/mol. The molecule has 1 aliphatic carbocycles. The fourth-order valence-electron chi connectivity index (χ4n) is 3.81. The summed E-state index contributed by atoms with van der Waals surface area (Å²) in [7, 11) is -3.22. The molecule has 4 heteroatoms. The molecule has 106 valence electrons. The van der Waals surface area contributed by atoms with Crippen molar-refractivity contribution in [2.24, 2.45) is 5.41 Å². The number of hydrogen-bond donors (Lipinski definition) is 0. The van der Waals surface area contributed by atoms with Gasteiger partial charge in [-0.2, -0.15) is 5.26 Å². The summed E-state index contributed by atoms with van der Waals surface area (Å²) in [6.07, 6.45) is 6.05. The Bertz CT molecular complexity index is 649. The highest BCUT2D eigenvalue weighted by Crippen LogP contribution is 2.51. The predicted molar refractivity (Wildman–Crippen MR) is 77.0 cm³/mol. The van der Waals surface area contributed by atoms with Gasteiger partial charge in [0.05, 0.1) is 22.1 Å². The largest absolute Gasteiger partial charge is 0.224 e. The van der Waals surface area contributed by atoms with Gasteiger partial charge in [0.2, 0.25) is 0 Å². The maximum Gasteiger partial charge on any atom is 0.179 e. The lowest BCUT2D eigenvalue weighted by atomic mass is 9.69. The molecule has 0 saturated heterocycles. The lowest BCUT2D eigenvalue weighted by Crippen LogP contribution is -2.28. The quantitative estimate of drug-likeness (QED) is 0.744. The number of nitriles is 1. The molecular formula is C16H19NO2S. The second-order valence-corrected chi connectivity index (χ2v) is 8.06. The summed E-state index contributed by atoms with van der Waals surface area (Å²) in [6.45, 7) is 0. The molecule has 0 aromatic heterocycles. The molecule has 1 atom stereocenters. The first-order chi connectivity index (χ1) is 9.59. The summed E-state index contributed by atoms with van der Waals surface area (Å²) in [5, 5.41) is 9.78.